The van der Waals surface area contributed by atoms with Crippen LogP contribution in [0.2, 0.25) is 10.0 Å². The molecule has 4 nitrogen and oxygen atoms in total. The second-order valence-electron chi connectivity index (χ2n) is 5.71. The minimum atomic E-state index is 0.626. The monoisotopic (exact) mass is 404 g/mol. The van der Waals surface area contributed by atoms with Crippen LogP contribution in [-0.2, 0) is 12.2 Å². The molecule has 0 spiro atoms. The van der Waals surface area contributed by atoms with E-state index in [0.717, 1.165) is 28.5 Å². The molecule has 0 saturated heterocycles. The zero-order valence-electron chi connectivity index (χ0n) is 14.5. The third-order valence-electron chi connectivity index (χ3n) is 3.85. The Morgan fingerprint density at radius 3 is 2.58 bits per heavy atom. The molecule has 7 heteroatoms. The van der Waals surface area contributed by atoms with E-state index < -0.39 is 0 Å². The zero-order chi connectivity index (χ0) is 18.5. The van der Waals surface area contributed by atoms with Crippen LogP contribution in [0.25, 0.3) is 0 Å². The number of thioether (sulfide) groups is 1. The average Bonchev–Trinajstić information content (AvgIpc) is 2.99. The van der Waals surface area contributed by atoms with Crippen molar-refractivity contribution in [1.29, 1.82) is 0 Å². The summed E-state index contributed by atoms with van der Waals surface area (Å²) in [5.41, 5.74) is 3.33. The summed E-state index contributed by atoms with van der Waals surface area (Å²) in [5.74, 6) is 1.39. The van der Waals surface area contributed by atoms with E-state index in [1.165, 1.54) is 17.3 Å². The number of halogens is 2. The summed E-state index contributed by atoms with van der Waals surface area (Å²) in [6.45, 7) is 4.02. The summed E-state index contributed by atoms with van der Waals surface area (Å²) in [6, 6.07) is 13.8. The lowest BCUT2D eigenvalue weighted by Crippen LogP contribution is -1.97. The van der Waals surface area contributed by atoms with Gasteiger partial charge in [-0.1, -0.05) is 72.2 Å². The van der Waals surface area contributed by atoms with Gasteiger partial charge in [0.2, 0.25) is 5.16 Å². The van der Waals surface area contributed by atoms with Crippen LogP contribution >= 0.6 is 35.0 Å². The zero-order valence-corrected chi connectivity index (χ0v) is 16.8. The lowest BCUT2D eigenvalue weighted by molar-refractivity contribution is 0.744. The third-order valence-corrected chi connectivity index (χ3v) is 5.41. The number of aryl methyl sites for hydroxylation is 2. The van der Waals surface area contributed by atoms with Gasteiger partial charge in [0.15, 0.2) is 5.82 Å². The molecular weight excluding hydrogens is 387 g/mol. The first-order valence-electron chi connectivity index (χ1n) is 8.19. The molecule has 3 rings (SSSR count). The first-order valence-corrected chi connectivity index (χ1v) is 9.93. The second kappa shape index (κ2) is 8.71. The van der Waals surface area contributed by atoms with Crippen LogP contribution < -0.4 is 0 Å². The van der Waals surface area contributed by atoms with Gasteiger partial charge in [-0.25, -0.2) is 0 Å². The summed E-state index contributed by atoms with van der Waals surface area (Å²) in [4.78, 5) is 0. The van der Waals surface area contributed by atoms with Crippen LogP contribution in [0.15, 0.2) is 52.7 Å². The van der Waals surface area contributed by atoms with E-state index in [4.69, 9.17) is 23.2 Å². The third kappa shape index (κ3) is 4.67. The molecule has 1 aromatic heterocycles. The lowest BCUT2D eigenvalue weighted by Gasteiger charge is -2.05. The fraction of sp³-hybridized carbons (Fsp3) is 0.211. The van der Waals surface area contributed by atoms with Gasteiger partial charge < -0.3 is 0 Å². The molecule has 3 aromatic rings. The summed E-state index contributed by atoms with van der Waals surface area (Å²) in [6.07, 6.45) is 2.84. The van der Waals surface area contributed by atoms with E-state index in [1.54, 1.807) is 10.7 Å². The van der Waals surface area contributed by atoms with E-state index in [1.807, 2.05) is 25.3 Å². The van der Waals surface area contributed by atoms with E-state index >= 15 is 0 Å². The van der Waals surface area contributed by atoms with Gasteiger partial charge in [-0.05, 0) is 42.2 Å². The molecule has 1 heterocycles. The van der Waals surface area contributed by atoms with Gasteiger partial charge in [-0.3, -0.25) is 0 Å². The van der Waals surface area contributed by atoms with Gasteiger partial charge in [0.25, 0.3) is 0 Å². The number of aromatic nitrogens is 3. The predicted molar refractivity (Wildman–Crippen MR) is 110 cm³/mol. The van der Waals surface area contributed by atoms with Crippen molar-refractivity contribution in [2.45, 2.75) is 31.2 Å². The van der Waals surface area contributed by atoms with Crippen LogP contribution in [0.3, 0.4) is 0 Å². The molecule has 0 N–H and O–H groups in total. The summed E-state index contributed by atoms with van der Waals surface area (Å²) in [7, 11) is 0. The molecule has 134 valence electrons. The summed E-state index contributed by atoms with van der Waals surface area (Å²) < 4.78 is 1.74. The van der Waals surface area contributed by atoms with Crippen molar-refractivity contribution in [3.8, 4) is 0 Å². The smallest absolute Gasteiger partial charge is 0.192 e. The van der Waals surface area contributed by atoms with E-state index in [2.05, 4.69) is 46.5 Å². The highest BCUT2D eigenvalue weighted by molar-refractivity contribution is 7.98. The summed E-state index contributed by atoms with van der Waals surface area (Å²) >= 11 is 13.7. The highest BCUT2D eigenvalue weighted by Crippen LogP contribution is 2.28. The van der Waals surface area contributed by atoms with Crippen LogP contribution in [-0.4, -0.2) is 21.1 Å². The van der Waals surface area contributed by atoms with Crippen molar-refractivity contribution in [2.75, 3.05) is 0 Å². The normalized spacial score (nSPS) is 11.4. The van der Waals surface area contributed by atoms with Gasteiger partial charge in [-0.2, -0.15) is 9.78 Å². The average molecular weight is 405 g/mol. The molecule has 0 bridgehead atoms. The summed E-state index contributed by atoms with van der Waals surface area (Å²) in [5, 5.41) is 14.9. The van der Waals surface area contributed by atoms with Gasteiger partial charge in [-0.15, -0.1) is 10.2 Å². The Morgan fingerprint density at radius 1 is 1.12 bits per heavy atom. The highest BCUT2D eigenvalue weighted by atomic mass is 35.5. The fourth-order valence-corrected chi connectivity index (χ4v) is 3.80. The molecule has 0 fully saturated rings. The van der Waals surface area contributed by atoms with E-state index in [0.29, 0.717) is 15.8 Å². The Kier molecular flexibility index (Phi) is 6.35. The Balaban J connectivity index is 1.74. The van der Waals surface area contributed by atoms with Crippen molar-refractivity contribution < 1.29 is 0 Å². The minimum Gasteiger partial charge on any atom is -0.192 e. The van der Waals surface area contributed by atoms with E-state index in [9.17, 15) is 0 Å². The Hall–Kier alpha value is -1.82. The molecule has 0 radical (unpaired) electrons. The standard InChI is InChI=1S/C19H18Cl2N4S/c1-3-14-4-6-15(7-5-14)11-22-25-13(2)23-24-19(25)26-12-16-8-9-17(20)10-18(16)21/h4-11H,3,12H2,1-2H3/b22-11+. The van der Waals surface area contributed by atoms with Crippen LogP contribution in [0.4, 0.5) is 0 Å². The maximum atomic E-state index is 6.24. The second-order valence-corrected chi connectivity index (χ2v) is 7.49. The van der Waals surface area contributed by atoms with Gasteiger partial charge in [0.05, 0.1) is 6.21 Å². The molecule has 26 heavy (non-hydrogen) atoms. The van der Waals surface area contributed by atoms with E-state index in [-0.39, 0.29) is 0 Å². The Bertz CT molecular complexity index is 920. The minimum absolute atomic E-state index is 0.626. The van der Waals surface area contributed by atoms with Gasteiger partial charge in [0.1, 0.15) is 0 Å². The number of benzene rings is 2. The fourth-order valence-electron chi connectivity index (χ4n) is 2.31. The van der Waals surface area contributed by atoms with Crippen molar-refractivity contribution in [3.63, 3.8) is 0 Å². The molecule has 0 atom stereocenters. The molecule has 0 aliphatic rings. The predicted octanol–water partition coefficient (Wildman–Crippen LogP) is 5.63. The number of hydrogen-bond acceptors (Lipinski definition) is 4. The highest BCUT2D eigenvalue weighted by Gasteiger charge is 2.10. The van der Waals surface area contributed by atoms with Crippen LogP contribution in [0.5, 0.6) is 0 Å². The maximum Gasteiger partial charge on any atom is 0.212 e. The maximum absolute atomic E-state index is 6.24. The van der Waals surface area contributed by atoms with Crippen molar-refractivity contribution in [1.82, 2.24) is 14.9 Å². The quantitative estimate of drug-likeness (QED) is 0.394. The number of nitrogens with zero attached hydrogens (tertiary/aromatic N) is 4. The van der Waals surface area contributed by atoms with Gasteiger partial charge in [0, 0.05) is 15.8 Å². The molecule has 0 aliphatic carbocycles. The molecule has 0 aliphatic heterocycles. The first-order chi connectivity index (χ1) is 12.6. The number of rotatable bonds is 6. The van der Waals surface area contributed by atoms with Crippen molar-refractivity contribution >= 4 is 41.2 Å². The van der Waals surface area contributed by atoms with Crippen molar-refractivity contribution in [2.24, 2.45) is 5.10 Å². The molecule has 0 amide bonds. The van der Waals surface area contributed by atoms with Crippen LogP contribution in [0.1, 0.15) is 29.4 Å². The molecule has 0 unspecified atom stereocenters. The molecule has 2 aromatic carbocycles. The Labute approximate surface area is 167 Å². The Morgan fingerprint density at radius 2 is 1.88 bits per heavy atom. The topological polar surface area (TPSA) is 43.1 Å². The van der Waals surface area contributed by atoms with Crippen LogP contribution in [0, 0.1) is 6.92 Å². The first kappa shape index (κ1) is 19.0. The largest absolute Gasteiger partial charge is 0.212 e. The van der Waals surface area contributed by atoms with Gasteiger partial charge >= 0.3 is 0 Å². The molecule has 0 saturated carbocycles. The number of hydrogen-bond donors (Lipinski definition) is 0. The van der Waals surface area contributed by atoms with Crippen molar-refractivity contribution in [3.05, 3.63) is 75.0 Å². The molecular formula is C19H18Cl2N4S. The lowest BCUT2D eigenvalue weighted by atomic mass is 10.1. The SMILES string of the molecule is CCc1ccc(/C=N/n2c(C)nnc2SCc2ccc(Cl)cc2Cl)cc1.